The molecule has 0 aliphatic heterocycles. The zero-order valence-electron chi connectivity index (χ0n) is 31.8. The van der Waals surface area contributed by atoms with E-state index in [9.17, 15) is 19.2 Å². The molecule has 0 amide bonds. The van der Waals surface area contributed by atoms with E-state index in [1.54, 1.807) is 12.2 Å². The summed E-state index contributed by atoms with van der Waals surface area (Å²) in [7, 11) is 0. The van der Waals surface area contributed by atoms with Crippen molar-refractivity contribution in [2.24, 2.45) is 62.6 Å². The molecule has 4 nitrogen and oxygen atoms in total. The fourth-order valence-electron chi connectivity index (χ4n) is 12.3. The highest BCUT2D eigenvalue weighted by atomic mass is 16.1. The van der Waals surface area contributed by atoms with E-state index in [0.717, 1.165) is 81.8 Å². The van der Waals surface area contributed by atoms with Crippen LogP contribution in [0.5, 0.6) is 0 Å². The van der Waals surface area contributed by atoms with Crippen molar-refractivity contribution in [3.63, 3.8) is 0 Å². The van der Waals surface area contributed by atoms with Gasteiger partial charge >= 0.3 is 0 Å². The Morgan fingerprint density at radius 2 is 1.08 bits per heavy atom. The highest BCUT2D eigenvalue weighted by molar-refractivity contribution is 6.02. The lowest BCUT2D eigenvalue weighted by Crippen LogP contribution is -2.51. The molecule has 10 atom stereocenters. The second kappa shape index (κ2) is 12.3. The minimum atomic E-state index is -0.104. The van der Waals surface area contributed by atoms with E-state index < -0.39 is 0 Å². The number of hydrogen-bond donors (Lipinski definition) is 0. The third-order valence-corrected chi connectivity index (χ3v) is 14.9. The van der Waals surface area contributed by atoms with Crippen LogP contribution in [0.1, 0.15) is 132 Å². The molecule has 0 saturated heterocycles. The molecule has 0 spiro atoms. The van der Waals surface area contributed by atoms with Gasteiger partial charge < -0.3 is 0 Å². The van der Waals surface area contributed by atoms with Crippen molar-refractivity contribution >= 4 is 23.1 Å². The van der Waals surface area contributed by atoms with Crippen LogP contribution in [0.25, 0.3) is 0 Å². The summed E-state index contributed by atoms with van der Waals surface area (Å²) in [5, 5.41) is 0. The molecule has 8 aliphatic carbocycles. The Bertz CT molecular complexity index is 1550. The second-order valence-electron chi connectivity index (χ2n) is 19.7. The number of fused-ring (bicyclic) bond motifs is 10. The van der Waals surface area contributed by atoms with Crippen LogP contribution in [0, 0.1) is 62.6 Å². The van der Waals surface area contributed by atoms with Gasteiger partial charge in [-0.25, -0.2) is 0 Å². The minimum absolute atomic E-state index is 0.0686. The molecule has 0 aromatic heterocycles. The summed E-state index contributed by atoms with van der Waals surface area (Å²) in [6.07, 6.45) is 19.0. The third-order valence-electron chi connectivity index (χ3n) is 14.9. The van der Waals surface area contributed by atoms with E-state index in [0.29, 0.717) is 58.9 Å². The van der Waals surface area contributed by atoms with Gasteiger partial charge in [0.15, 0.2) is 11.6 Å². The summed E-state index contributed by atoms with van der Waals surface area (Å²) in [5.74, 6) is 4.65. The molecule has 0 bridgehead atoms. The van der Waals surface area contributed by atoms with Gasteiger partial charge in [-0.2, -0.15) is 0 Å². The van der Waals surface area contributed by atoms with Crippen LogP contribution in [0.3, 0.4) is 0 Å². The monoisotopic (exact) mass is 666 g/mol. The molecule has 266 valence electrons. The Morgan fingerprint density at radius 3 is 1.63 bits per heavy atom. The van der Waals surface area contributed by atoms with E-state index in [1.165, 1.54) is 11.1 Å². The Morgan fingerprint density at radius 1 is 0.612 bits per heavy atom. The molecular weight excluding hydrogens is 604 g/mol. The molecule has 6 unspecified atom stereocenters. The van der Waals surface area contributed by atoms with E-state index in [4.69, 9.17) is 0 Å². The van der Waals surface area contributed by atoms with Crippen molar-refractivity contribution in [2.45, 2.75) is 132 Å². The van der Waals surface area contributed by atoms with Gasteiger partial charge in [0.2, 0.25) is 0 Å². The Hall–Kier alpha value is -2.62. The average Bonchev–Trinajstić information content (AvgIpc) is 3.49. The first-order valence-electron chi connectivity index (χ1n) is 19.4. The maximum atomic E-state index is 12.4. The number of hydrogen-bond acceptors (Lipinski definition) is 4. The summed E-state index contributed by atoms with van der Waals surface area (Å²) >= 11 is 0. The highest BCUT2D eigenvalue weighted by Crippen LogP contribution is 2.66. The van der Waals surface area contributed by atoms with Gasteiger partial charge in [0.1, 0.15) is 11.6 Å². The lowest BCUT2D eigenvalue weighted by Gasteiger charge is -2.57. The van der Waals surface area contributed by atoms with Crippen LogP contribution < -0.4 is 0 Å². The van der Waals surface area contributed by atoms with Crippen molar-refractivity contribution in [2.75, 3.05) is 0 Å². The van der Waals surface area contributed by atoms with E-state index in [2.05, 4.69) is 74.6 Å². The second-order valence-corrected chi connectivity index (χ2v) is 19.7. The van der Waals surface area contributed by atoms with Crippen LogP contribution in [-0.2, 0) is 19.2 Å². The number of Topliss-reactive ketones (excluding diaryl/α,β-unsaturated/α-hetero) is 2. The molecule has 0 aromatic carbocycles. The van der Waals surface area contributed by atoms with Crippen LogP contribution in [0.15, 0.2) is 59.8 Å². The molecule has 8 rings (SSSR count). The molecule has 49 heavy (non-hydrogen) atoms. The first-order chi connectivity index (χ1) is 22.7. The summed E-state index contributed by atoms with van der Waals surface area (Å²) in [6, 6.07) is 0. The quantitative estimate of drug-likeness (QED) is 0.258. The fraction of sp³-hybridized carbons (Fsp3) is 0.689. The van der Waals surface area contributed by atoms with Gasteiger partial charge in [0.25, 0.3) is 0 Å². The molecular formula is C45H62O4. The van der Waals surface area contributed by atoms with Gasteiger partial charge in [0.05, 0.1) is 0 Å². The van der Waals surface area contributed by atoms with E-state index in [-0.39, 0.29) is 33.2 Å². The normalized spacial score (nSPS) is 43.7. The smallest absolute Gasteiger partial charge is 0.178 e. The maximum Gasteiger partial charge on any atom is 0.178 e. The Labute approximate surface area is 296 Å². The lowest BCUT2D eigenvalue weighted by atomic mass is 9.47. The molecule has 0 aromatic rings. The fourth-order valence-corrected chi connectivity index (χ4v) is 12.3. The predicted octanol–water partition coefficient (Wildman–Crippen LogP) is 10.3. The summed E-state index contributed by atoms with van der Waals surface area (Å²) in [6.45, 7) is 26.4. The van der Waals surface area contributed by atoms with Crippen molar-refractivity contribution in [3.8, 4) is 0 Å². The Balaban J connectivity index is 0.000000150. The number of carbonyl (C=O) groups is 4. The predicted molar refractivity (Wildman–Crippen MR) is 198 cm³/mol. The Kier molecular flexibility index (Phi) is 9.05. The topological polar surface area (TPSA) is 68.3 Å². The molecule has 0 N–H and O–H groups in total. The zero-order valence-corrected chi connectivity index (χ0v) is 31.8. The molecule has 0 radical (unpaired) electrons. The number of allylic oxidation sites excluding steroid dienone is 7. The van der Waals surface area contributed by atoms with Gasteiger partial charge in [-0.1, -0.05) is 85.8 Å². The van der Waals surface area contributed by atoms with Crippen molar-refractivity contribution < 1.29 is 19.2 Å². The van der Waals surface area contributed by atoms with Gasteiger partial charge in [-0.05, 0) is 133 Å². The maximum absolute atomic E-state index is 12.4. The third kappa shape index (κ3) is 5.99. The van der Waals surface area contributed by atoms with E-state index in [1.807, 2.05) is 6.08 Å². The minimum Gasteiger partial charge on any atom is -0.299 e. The first kappa shape index (κ1) is 36.2. The van der Waals surface area contributed by atoms with Crippen LogP contribution in [0.2, 0.25) is 0 Å². The van der Waals surface area contributed by atoms with Gasteiger partial charge in [0, 0.05) is 35.5 Å². The number of carbonyl (C=O) groups excluding carboxylic acids is 4. The van der Waals surface area contributed by atoms with Crippen LogP contribution in [0.4, 0.5) is 0 Å². The number of rotatable bonds is 0. The molecule has 6 saturated carbocycles. The largest absolute Gasteiger partial charge is 0.299 e. The summed E-state index contributed by atoms with van der Waals surface area (Å²) < 4.78 is 0. The van der Waals surface area contributed by atoms with Crippen molar-refractivity contribution in [1.82, 2.24) is 0 Å². The molecule has 4 heteroatoms. The summed E-state index contributed by atoms with van der Waals surface area (Å²) in [5.41, 5.74) is 5.02. The van der Waals surface area contributed by atoms with Gasteiger partial charge in [-0.15, -0.1) is 0 Å². The van der Waals surface area contributed by atoms with Crippen LogP contribution in [-0.4, -0.2) is 23.1 Å². The zero-order chi connectivity index (χ0) is 35.9. The van der Waals surface area contributed by atoms with Crippen molar-refractivity contribution in [1.29, 1.82) is 0 Å². The van der Waals surface area contributed by atoms with Crippen LogP contribution >= 0.6 is 0 Å². The first-order valence-corrected chi connectivity index (χ1v) is 19.4. The molecule has 0 heterocycles. The SMILES string of the molecule is C=C1CC2C(CC[C@]3(C)C(=O)CCC23)[C@@]2(C)C=CC(=O)C=C12.C=C1CC2C(CC[C@]3(C)C(=O)CCC23)[C@@]2(C)CCC(=O)C=C12.CC(C)(C)C. The molecule has 8 aliphatic rings. The highest BCUT2D eigenvalue weighted by Gasteiger charge is 2.60. The van der Waals surface area contributed by atoms with Crippen molar-refractivity contribution in [3.05, 3.63) is 59.8 Å². The molecule has 6 fully saturated rings. The average molecular weight is 667 g/mol. The lowest BCUT2D eigenvalue weighted by molar-refractivity contribution is -0.132. The van der Waals surface area contributed by atoms with E-state index >= 15 is 0 Å². The summed E-state index contributed by atoms with van der Waals surface area (Å²) in [4.78, 5) is 48.5. The standard InChI is InChI=1S/C20H26O2.C20H24O2.C5H12/c2*1-12-10-14-15-4-5-18(22)20(15,3)9-7-16(14)19(2)8-6-13(21)11-17(12)19;1-5(2,3)4/h11,14-16H,1,4-10H2,2-3H3;6,8,11,14-16H,1,4-5,7,9-10H2,2-3H3;1-4H3/t2*14?,15?,16?,19-,20+;/m11./s1. The van der Waals surface area contributed by atoms with Gasteiger partial charge in [-0.3, -0.25) is 19.2 Å². The number of ketones is 4.